The van der Waals surface area contributed by atoms with Gasteiger partial charge >= 0.3 is 0 Å². The summed E-state index contributed by atoms with van der Waals surface area (Å²) >= 11 is 7.71. The van der Waals surface area contributed by atoms with Crippen molar-refractivity contribution in [3.8, 4) is 0 Å². The Morgan fingerprint density at radius 2 is 2.09 bits per heavy atom. The zero-order chi connectivity index (χ0) is 16.8. The molecule has 10 heteroatoms. The summed E-state index contributed by atoms with van der Waals surface area (Å²) < 4.78 is 6.55. The summed E-state index contributed by atoms with van der Waals surface area (Å²) in [5.74, 6) is 0.321. The number of hydrogen-bond acceptors (Lipinski definition) is 6. The van der Waals surface area contributed by atoms with Gasteiger partial charge in [0.1, 0.15) is 5.76 Å². The lowest BCUT2D eigenvalue weighted by atomic mass is 10.3. The van der Waals surface area contributed by atoms with E-state index in [-0.39, 0.29) is 17.3 Å². The van der Waals surface area contributed by atoms with E-state index in [1.165, 1.54) is 30.1 Å². The van der Waals surface area contributed by atoms with Crippen LogP contribution in [-0.4, -0.2) is 22.8 Å². The summed E-state index contributed by atoms with van der Waals surface area (Å²) in [6.07, 6.45) is 1.38. The third-order valence-corrected chi connectivity index (χ3v) is 5.18. The van der Waals surface area contributed by atoms with Crippen LogP contribution in [0.1, 0.15) is 5.76 Å². The lowest BCUT2D eigenvalue weighted by Crippen LogP contribution is -2.19. The number of rotatable bonds is 6. The summed E-state index contributed by atoms with van der Waals surface area (Å²) in [4.78, 5) is 22.5. The van der Waals surface area contributed by atoms with Crippen LogP contribution in [0, 0.1) is 10.1 Å². The molecule has 0 atom stereocenters. The van der Waals surface area contributed by atoms with Crippen molar-refractivity contribution < 1.29 is 14.1 Å². The Kier molecular flexibility index (Phi) is 6.37. The van der Waals surface area contributed by atoms with Gasteiger partial charge in [0.2, 0.25) is 5.91 Å². The van der Waals surface area contributed by atoms with Crippen LogP contribution in [0.2, 0.25) is 0 Å². The second-order valence-electron chi connectivity index (χ2n) is 4.10. The largest absolute Gasteiger partial charge is 0.447 e. The van der Waals surface area contributed by atoms with Crippen molar-refractivity contribution in [3.63, 3.8) is 0 Å². The third kappa shape index (κ3) is 5.48. The van der Waals surface area contributed by atoms with Crippen molar-refractivity contribution >= 4 is 61.4 Å². The van der Waals surface area contributed by atoms with E-state index in [1.54, 1.807) is 18.2 Å². The van der Waals surface area contributed by atoms with Crippen LogP contribution in [0.5, 0.6) is 0 Å². The Morgan fingerprint density at radius 1 is 1.39 bits per heavy atom. The molecule has 0 aliphatic heterocycles. The van der Waals surface area contributed by atoms with Crippen LogP contribution in [0.4, 0.5) is 5.69 Å². The highest BCUT2D eigenvalue weighted by molar-refractivity contribution is 9.13. The maximum absolute atomic E-state index is 11.7. The summed E-state index contributed by atoms with van der Waals surface area (Å²) in [5.41, 5.74) is 2.38. The van der Waals surface area contributed by atoms with Crippen LogP contribution >= 0.6 is 43.6 Å². The first-order chi connectivity index (χ1) is 11.0. The molecule has 0 aliphatic carbocycles. The number of furan rings is 1. The molecular formula is C13H9Br2N3O4S. The molecule has 1 amide bonds. The molecule has 0 spiro atoms. The number of nitro benzene ring substituents is 1. The minimum Gasteiger partial charge on any atom is -0.447 e. The summed E-state index contributed by atoms with van der Waals surface area (Å²) in [7, 11) is 0. The third-order valence-electron chi connectivity index (χ3n) is 2.46. The minimum absolute atomic E-state index is 0.0131. The number of benzene rings is 1. The number of amides is 1. The van der Waals surface area contributed by atoms with Gasteiger partial charge in [0.25, 0.3) is 5.69 Å². The number of nitrogens with zero attached hydrogens (tertiary/aromatic N) is 2. The average molecular weight is 463 g/mol. The monoisotopic (exact) mass is 461 g/mol. The first kappa shape index (κ1) is 17.7. The molecule has 0 bridgehead atoms. The van der Waals surface area contributed by atoms with Gasteiger partial charge < -0.3 is 4.42 Å². The fraction of sp³-hybridized carbons (Fsp3) is 0.0769. The Balaban J connectivity index is 1.79. The number of hydrazone groups is 1. The zero-order valence-electron chi connectivity index (χ0n) is 11.4. The first-order valence-corrected chi connectivity index (χ1v) is 8.67. The van der Waals surface area contributed by atoms with Gasteiger partial charge in [-0.05, 0) is 44.0 Å². The number of nitrogens with one attached hydrogen (secondary N) is 1. The Morgan fingerprint density at radius 3 is 2.65 bits per heavy atom. The molecule has 120 valence electrons. The number of hydrogen-bond donors (Lipinski definition) is 1. The highest BCUT2D eigenvalue weighted by atomic mass is 79.9. The van der Waals surface area contributed by atoms with Gasteiger partial charge in [-0.3, -0.25) is 14.9 Å². The van der Waals surface area contributed by atoms with Gasteiger partial charge in [-0.15, -0.1) is 11.8 Å². The molecule has 1 aromatic carbocycles. The maximum atomic E-state index is 11.7. The van der Waals surface area contributed by atoms with Gasteiger partial charge in [-0.2, -0.15) is 5.10 Å². The van der Waals surface area contributed by atoms with Crippen LogP contribution in [-0.2, 0) is 4.79 Å². The minimum atomic E-state index is -0.471. The first-order valence-electron chi connectivity index (χ1n) is 6.09. The number of halogens is 2. The van der Waals surface area contributed by atoms with E-state index >= 15 is 0 Å². The fourth-order valence-corrected chi connectivity index (χ4v) is 2.74. The Labute approximate surface area is 151 Å². The molecule has 23 heavy (non-hydrogen) atoms. The van der Waals surface area contributed by atoms with Gasteiger partial charge in [-0.1, -0.05) is 0 Å². The van der Waals surface area contributed by atoms with E-state index in [4.69, 9.17) is 4.42 Å². The smallest absolute Gasteiger partial charge is 0.269 e. The molecule has 1 N–H and O–H groups in total. The lowest BCUT2D eigenvalue weighted by Gasteiger charge is -2.00. The van der Waals surface area contributed by atoms with E-state index in [0.29, 0.717) is 10.4 Å². The van der Waals surface area contributed by atoms with Crippen molar-refractivity contribution in [2.75, 3.05) is 5.75 Å². The average Bonchev–Trinajstić information content (AvgIpc) is 2.84. The molecule has 0 radical (unpaired) electrons. The number of nitro groups is 1. The SMILES string of the molecule is O=C(CSc1ccc([N+](=O)[O-])cc1)N/N=C\c1cc(Br)c(Br)o1. The second kappa shape index (κ2) is 8.27. The molecule has 1 heterocycles. The molecule has 0 saturated heterocycles. The number of carbonyl (C=O) groups is 1. The summed E-state index contributed by atoms with van der Waals surface area (Å²) in [6.45, 7) is 0. The Bertz CT molecular complexity index is 727. The van der Waals surface area contributed by atoms with Gasteiger partial charge in [0.15, 0.2) is 4.67 Å². The topological polar surface area (TPSA) is 97.7 Å². The second-order valence-corrected chi connectivity index (χ2v) is 6.73. The van der Waals surface area contributed by atoms with E-state index in [1.807, 2.05) is 0 Å². The van der Waals surface area contributed by atoms with Crippen molar-refractivity contribution in [1.82, 2.24) is 5.43 Å². The molecule has 0 saturated carbocycles. The van der Waals surface area contributed by atoms with Crippen molar-refractivity contribution in [1.29, 1.82) is 0 Å². The quantitative estimate of drug-likeness (QED) is 0.303. The fourth-order valence-electron chi connectivity index (χ4n) is 1.44. The van der Waals surface area contributed by atoms with Crippen molar-refractivity contribution in [2.45, 2.75) is 4.90 Å². The maximum Gasteiger partial charge on any atom is 0.269 e. The lowest BCUT2D eigenvalue weighted by molar-refractivity contribution is -0.384. The van der Waals surface area contributed by atoms with Gasteiger partial charge in [0, 0.05) is 23.1 Å². The van der Waals surface area contributed by atoms with E-state index in [2.05, 4.69) is 42.4 Å². The molecule has 1 aromatic heterocycles. The summed E-state index contributed by atoms with van der Waals surface area (Å²) in [6, 6.07) is 7.68. The van der Waals surface area contributed by atoms with Gasteiger partial charge in [0.05, 0.1) is 21.4 Å². The molecule has 2 aromatic rings. The predicted molar refractivity (Wildman–Crippen MR) is 93.7 cm³/mol. The van der Waals surface area contributed by atoms with Crippen LogP contribution in [0.25, 0.3) is 0 Å². The molecule has 0 fully saturated rings. The Hall–Kier alpha value is -1.65. The number of non-ortho nitro benzene ring substituents is 1. The number of thioether (sulfide) groups is 1. The molecule has 2 rings (SSSR count). The van der Waals surface area contributed by atoms with Crippen LogP contribution in [0.15, 0.2) is 53.9 Å². The molecular weight excluding hydrogens is 454 g/mol. The molecule has 7 nitrogen and oxygen atoms in total. The van der Waals surface area contributed by atoms with E-state index in [0.717, 1.165) is 9.37 Å². The van der Waals surface area contributed by atoms with Crippen LogP contribution < -0.4 is 5.43 Å². The standard InChI is InChI=1S/C13H9Br2N3O4S/c14-11-5-9(22-13(11)15)6-16-17-12(19)7-23-10-3-1-8(2-4-10)18(20)21/h1-6H,7H2,(H,17,19)/b16-6-. The molecule has 0 unspecified atom stereocenters. The van der Waals surface area contributed by atoms with E-state index in [9.17, 15) is 14.9 Å². The van der Waals surface area contributed by atoms with E-state index < -0.39 is 4.92 Å². The van der Waals surface area contributed by atoms with Crippen molar-refractivity contribution in [2.24, 2.45) is 5.10 Å². The highest BCUT2D eigenvalue weighted by Crippen LogP contribution is 2.25. The number of carbonyl (C=O) groups excluding carboxylic acids is 1. The van der Waals surface area contributed by atoms with Crippen LogP contribution in [0.3, 0.4) is 0 Å². The molecule has 0 aliphatic rings. The van der Waals surface area contributed by atoms with Crippen molar-refractivity contribution in [3.05, 3.63) is 55.3 Å². The summed E-state index contributed by atoms with van der Waals surface area (Å²) in [5, 5.41) is 14.3. The highest BCUT2D eigenvalue weighted by Gasteiger charge is 2.07. The normalized spacial score (nSPS) is 10.9. The zero-order valence-corrected chi connectivity index (χ0v) is 15.4. The predicted octanol–water partition coefficient (Wildman–Crippen LogP) is 3.96. The van der Waals surface area contributed by atoms with Gasteiger partial charge in [-0.25, -0.2) is 5.43 Å².